The predicted octanol–water partition coefficient (Wildman–Crippen LogP) is 3.30. The van der Waals surface area contributed by atoms with Crippen LogP contribution in [0.5, 0.6) is 0 Å². The van der Waals surface area contributed by atoms with Crippen LogP contribution in [0, 0.1) is 13.8 Å². The fourth-order valence-electron chi connectivity index (χ4n) is 2.50. The van der Waals surface area contributed by atoms with E-state index >= 15 is 0 Å². The zero-order chi connectivity index (χ0) is 11.8. The molecule has 0 aromatic carbocycles. The molecule has 2 aromatic heterocycles. The van der Waals surface area contributed by atoms with Crippen molar-refractivity contribution in [2.24, 2.45) is 0 Å². The van der Waals surface area contributed by atoms with Crippen LogP contribution in [-0.4, -0.2) is 23.1 Å². The number of hydrogen-bond donors (Lipinski definition) is 0. The van der Waals surface area contributed by atoms with Crippen LogP contribution in [0.2, 0.25) is 0 Å². The van der Waals surface area contributed by atoms with E-state index in [1.54, 1.807) is 11.3 Å². The van der Waals surface area contributed by atoms with Gasteiger partial charge < -0.3 is 4.90 Å². The van der Waals surface area contributed by atoms with E-state index in [0.29, 0.717) is 0 Å². The molecule has 3 rings (SSSR count). The van der Waals surface area contributed by atoms with E-state index in [-0.39, 0.29) is 0 Å². The summed E-state index contributed by atoms with van der Waals surface area (Å²) in [6.07, 6.45) is 3.92. The molecule has 0 bridgehead atoms. The average Bonchev–Trinajstić information content (AvgIpc) is 2.71. The quantitative estimate of drug-likeness (QED) is 0.774. The van der Waals surface area contributed by atoms with Crippen molar-refractivity contribution in [1.82, 2.24) is 9.97 Å². The highest BCUT2D eigenvalue weighted by Gasteiger charge is 2.18. The molecule has 0 saturated carbocycles. The Hall–Kier alpha value is -1.16. The molecular formula is C13H17N3S. The minimum Gasteiger partial charge on any atom is -0.356 e. The summed E-state index contributed by atoms with van der Waals surface area (Å²) in [6.45, 7) is 6.43. The van der Waals surface area contributed by atoms with Crippen molar-refractivity contribution in [3.05, 3.63) is 16.8 Å². The zero-order valence-electron chi connectivity index (χ0n) is 10.4. The highest BCUT2D eigenvalue weighted by Crippen LogP contribution is 2.32. The number of hydrogen-bond acceptors (Lipinski definition) is 4. The molecule has 0 radical (unpaired) electrons. The van der Waals surface area contributed by atoms with Gasteiger partial charge in [-0.15, -0.1) is 11.3 Å². The van der Waals surface area contributed by atoms with Crippen molar-refractivity contribution < 1.29 is 0 Å². The van der Waals surface area contributed by atoms with Crippen molar-refractivity contribution in [2.75, 3.05) is 18.0 Å². The lowest BCUT2D eigenvalue weighted by molar-refractivity contribution is 0.574. The van der Waals surface area contributed by atoms with Gasteiger partial charge in [0, 0.05) is 13.1 Å². The minimum absolute atomic E-state index is 0.889. The third-order valence-electron chi connectivity index (χ3n) is 3.37. The van der Waals surface area contributed by atoms with Gasteiger partial charge in [0.15, 0.2) is 0 Å². The topological polar surface area (TPSA) is 29.0 Å². The predicted molar refractivity (Wildman–Crippen MR) is 73.0 cm³/mol. The van der Waals surface area contributed by atoms with Gasteiger partial charge in [0.2, 0.25) is 0 Å². The summed E-state index contributed by atoms with van der Waals surface area (Å²) in [5.41, 5.74) is 1.31. The van der Waals surface area contributed by atoms with Gasteiger partial charge in [-0.1, -0.05) is 0 Å². The largest absolute Gasteiger partial charge is 0.356 e. The third kappa shape index (κ3) is 1.90. The molecule has 0 amide bonds. The molecule has 3 heterocycles. The van der Waals surface area contributed by atoms with Crippen LogP contribution in [0.3, 0.4) is 0 Å². The van der Waals surface area contributed by atoms with Crippen LogP contribution in [0.15, 0.2) is 5.38 Å². The van der Waals surface area contributed by atoms with Gasteiger partial charge in [0.25, 0.3) is 0 Å². The SMILES string of the molecule is Cc1nc(N2CCCCC2)c2c(C)csc2n1. The summed E-state index contributed by atoms with van der Waals surface area (Å²) in [5, 5.41) is 3.45. The number of aryl methyl sites for hydroxylation is 2. The van der Waals surface area contributed by atoms with Crippen LogP contribution in [-0.2, 0) is 0 Å². The van der Waals surface area contributed by atoms with Gasteiger partial charge in [0.05, 0.1) is 5.39 Å². The summed E-state index contributed by atoms with van der Waals surface area (Å²) >= 11 is 1.73. The van der Waals surface area contributed by atoms with Gasteiger partial charge in [-0.3, -0.25) is 0 Å². The monoisotopic (exact) mass is 247 g/mol. The van der Waals surface area contributed by atoms with Gasteiger partial charge in [-0.25, -0.2) is 9.97 Å². The molecule has 3 nitrogen and oxygen atoms in total. The van der Waals surface area contributed by atoms with Gasteiger partial charge in [-0.05, 0) is 44.1 Å². The number of piperidine rings is 1. The maximum Gasteiger partial charge on any atom is 0.141 e. The highest BCUT2D eigenvalue weighted by atomic mass is 32.1. The first-order chi connectivity index (χ1) is 8.25. The molecule has 90 valence electrons. The smallest absolute Gasteiger partial charge is 0.141 e. The lowest BCUT2D eigenvalue weighted by Gasteiger charge is -2.28. The molecule has 17 heavy (non-hydrogen) atoms. The standard InChI is InChI=1S/C13H17N3S/c1-9-8-17-13-11(9)12(14-10(2)15-13)16-6-4-3-5-7-16/h8H,3-7H2,1-2H3. The van der Waals surface area contributed by atoms with Crippen LogP contribution in [0.1, 0.15) is 30.7 Å². The Morgan fingerprint density at radius 1 is 1.12 bits per heavy atom. The third-order valence-corrected chi connectivity index (χ3v) is 4.36. The first-order valence-corrected chi connectivity index (χ1v) is 7.11. The van der Waals surface area contributed by atoms with E-state index in [9.17, 15) is 0 Å². The summed E-state index contributed by atoms with van der Waals surface area (Å²) in [7, 11) is 0. The second-order valence-electron chi connectivity index (χ2n) is 4.74. The van der Waals surface area contributed by atoms with Crippen LogP contribution < -0.4 is 4.90 Å². The van der Waals surface area contributed by atoms with E-state index in [1.807, 2.05) is 6.92 Å². The Morgan fingerprint density at radius 3 is 2.65 bits per heavy atom. The normalized spacial score (nSPS) is 16.7. The average molecular weight is 247 g/mol. The van der Waals surface area contributed by atoms with Crippen molar-refractivity contribution in [2.45, 2.75) is 33.1 Å². The maximum atomic E-state index is 4.68. The first-order valence-electron chi connectivity index (χ1n) is 6.23. The van der Waals surface area contributed by atoms with E-state index in [4.69, 9.17) is 0 Å². The molecule has 1 aliphatic heterocycles. The molecule has 0 aliphatic carbocycles. The lowest BCUT2D eigenvalue weighted by Crippen LogP contribution is -2.30. The Bertz CT molecular complexity index is 541. The Morgan fingerprint density at radius 2 is 1.88 bits per heavy atom. The number of nitrogens with zero attached hydrogens (tertiary/aromatic N) is 3. The molecule has 0 spiro atoms. The van der Waals surface area contributed by atoms with E-state index in [1.165, 1.54) is 30.2 Å². The van der Waals surface area contributed by atoms with Crippen LogP contribution in [0.25, 0.3) is 10.2 Å². The summed E-state index contributed by atoms with van der Waals surface area (Å²) in [5.74, 6) is 2.05. The number of rotatable bonds is 1. The van der Waals surface area contributed by atoms with Crippen molar-refractivity contribution in [3.63, 3.8) is 0 Å². The molecule has 0 atom stereocenters. The number of aromatic nitrogens is 2. The van der Waals surface area contributed by atoms with Crippen LogP contribution >= 0.6 is 11.3 Å². The van der Waals surface area contributed by atoms with E-state index in [0.717, 1.165) is 29.6 Å². The van der Waals surface area contributed by atoms with Crippen LogP contribution in [0.4, 0.5) is 5.82 Å². The number of anilines is 1. The second-order valence-corrected chi connectivity index (χ2v) is 5.60. The zero-order valence-corrected chi connectivity index (χ0v) is 11.2. The second kappa shape index (κ2) is 4.26. The Kier molecular flexibility index (Phi) is 2.74. The molecular weight excluding hydrogens is 230 g/mol. The number of fused-ring (bicyclic) bond motifs is 1. The van der Waals surface area contributed by atoms with E-state index in [2.05, 4.69) is 27.2 Å². The highest BCUT2D eigenvalue weighted by molar-refractivity contribution is 7.17. The lowest BCUT2D eigenvalue weighted by atomic mass is 10.1. The minimum atomic E-state index is 0.889. The van der Waals surface area contributed by atoms with Gasteiger partial charge in [0.1, 0.15) is 16.5 Å². The summed E-state index contributed by atoms with van der Waals surface area (Å²) in [6, 6.07) is 0. The molecule has 0 unspecified atom stereocenters. The molecule has 1 fully saturated rings. The first kappa shape index (κ1) is 11.0. The molecule has 4 heteroatoms. The fourth-order valence-corrected chi connectivity index (χ4v) is 3.46. The fraction of sp³-hybridized carbons (Fsp3) is 0.538. The summed E-state index contributed by atoms with van der Waals surface area (Å²) in [4.78, 5) is 12.8. The summed E-state index contributed by atoms with van der Waals surface area (Å²) < 4.78 is 0. The molecule has 0 N–H and O–H groups in total. The van der Waals surface area contributed by atoms with Crippen molar-refractivity contribution >= 4 is 27.4 Å². The Labute approximate surface area is 106 Å². The maximum absolute atomic E-state index is 4.68. The van der Waals surface area contributed by atoms with Crippen molar-refractivity contribution in [1.29, 1.82) is 0 Å². The number of thiophene rings is 1. The van der Waals surface area contributed by atoms with Gasteiger partial charge >= 0.3 is 0 Å². The van der Waals surface area contributed by atoms with Crippen molar-refractivity contribution in [3.8, 4) is 0 Å². The Balaban J connectivity index is 2.15. The molecule has 1 saturated heterocycles. The van der Waals surface area contributed by atoms with Gasteiger partial charge in [-0.2, -0.15) is 0 Å². The molecule has 1 aliphatic rings. The molecule has 2 aromatic rings. The van der Waals surface area contributed by atoms with E-state index < -0.39 is 0 Å².